The molecule has 24 heavy (non-hydrogen) atoms. The highest BCUT2D eigenvalue weighted by Crippen LogP contribution is 2.43. The van der Waals surface area contributed by atoms with E-state index in [4.69, 9.17) is 0 Å². The van der Waals surface area contributed by atoms with Gasteiger partial charge in [-0.1, -0.05) is 48.5 Å². The summed E-state index contributed by atoms with van der Waals surface area (Å²) in [7, 11) is 0. The maximum Gasteiger partial charge on any atom is 0.170 e. The zero-order valence-electron chi connectivity index (χ0n) is 13.7. The van der Waals surface area contributed by atoms with E-state index >= 15 is 0 Å². The summed E-state index contributed by atoms with van der Waals surface area (Å²) in [5.41, 5.74) is 4.24. The Hall–Kier alpha value is -2.87. The number of carbonyl (C=O) groups is 1. The minimum absolute atomic E-state index is 0.0553. The van der Waals surface area contributed by atoms with Crippen LogP contribution in [0.3, 0.4) is 0 Å². The van der Waals surface area contributed by atoms with Gasteiger partial charge in [-0.25, -0.2) is 0 Å². The monoisotopic (exact) mass is 314 g/mol. The molecule has 1 aliphatic carbocycles. The molecule has 0 aliphatic heterocycles. The van der Waals surface area contributed by atoms with E-state index in [2.05, 4.69) is 0 Å². The Labute approximate surface area is 141 Å². The first kappa shape index (κ1) is 14.7. The van der Waals surface area contributed by atoms with Crippen LogP contribution < -0.4 is 0 Å². The molecule has 118 valence electrons. The van der Waals surface area contributed by atoms with Gasteiger partial charge >= 0.3 is 0 Å². The van der Waals surface area contributed by atoms with Crippen molar-refractivity contribution < 1.29 is 9.90 Å². The second-order valence-electron chi connectivity index (χ2n) is 6.43. The number of benzene rings is 3. The van der Waals surface area contributed by atoms with Crippen molar-refractivity contribution in [3.05, 3.63) is 82.4 Å². The Kier molecular flexibility index (Phi) is 3.27. The molecule has 3 aromatic carbocycles. The van der Waals surface area contributed by atoms with Gasteiger partial charge in [0, 0.05) is 5.56 Å². The van der Waals surface area contributed by atoms with E-state index in [1.54, 1.807) is 0 Å². The molecule has 0 saturated carbocycles. The largest absolute Gasteiger partial charge is 0.507 e. The molecule has 2 nitrogen and oxygen atoms in total. The first-order chi connectivity index (χ1) is 11.6. The van der Waals surface area contributed by atoms with Gasteiger partial charge in [-0.3, -0.25) is 4.79 Å². The lowest BCUT2D eigenvalue weighted by molar-refractivity contribution is -0.116. The smallest absolute Gasteiger partial charge is 0.170 e. The molecule has 1 atom stereocenters. The Balaban J connectivity index is 2.10. The number of ketones is 1. The van der Waals surface area contributed by atoms with Gasteiger partial charge in [0.25, 0.3) is 0 Å². The van der Waals surface area contributed by atoms with Crippen LogP contribution in [-0.4, -0.2) is 10.9 Å². The zero-order chi connectivity index (χ0) is 16.8. The average molecular weight is 314 g/mol. The first-order valence-electron chi connectivity index (χ1n) is 8.10. The predicted molar refractivity (Wildman–Crippen MR) is 97.3 cm³/mol. The van der Waals surface area contributed by atoms with E-state index in [-0.39, 0.29) is 11.5 Å². The summed E-state index contributed by atoms with van der Waals surface area (Å²) in [6.45, 7) is 3.73. The second kappa shape index (κ2) is 5.34. The number of Topliss-reactive ketones (excluding diaryl/α,β-unsaturated/α-hetero) is 1. The van der Waals surface area contributed by atoms with Crippen molar-refractivity contribution in [2.75, 3.05) is 0 Å². The van der Waals surface area contributed by atoms with Crippen molar-refractivity contribution in [1.29, 1.82) is 0 Å². The lowest BCUT2D eigenvalue weighted by Gasteiger charge is -2.26. The summed E-state index contributed by atoms with van der Waals surface area (Å²) in [6.07, 6.45) is 1.93. The van der Waals surface area contributed by atoms with Gasteiger partial charge in [-0.15, -0.1) is 0 Å². The second-order valence-corrected chi connectivity index (χ2v) is 6.43. The Morgan fingerprint density at radius 1 is 0.958 bits per heavy atom. The summed E-state index contributed by atoms with van der Waals surface area (Å²) in [4.78, 5) is 13.0. The minimum Gasteiger partial charge on any atom is -0.507 e. The highest BCUT2D eigenvalue weighted by Gasteiger charge is 2.32. The number of aryl methyl sites for hydroxylation is 1. The summed E-state index contributed by atoms with van der Waals surface area (Å²) in [6, 6.07) is 17.8. The third-order valence-corrected chi connectivity index (χ3v) is 4.87. The fraction of sp³-hybridized carbons (Fsp3) is 0.136. The molecule has 0 heterocycles. The minimum atomic E-state index is -0.462. The topological polar surface area (TPSA) is 37.3 Å². The average Bonchev–Trinajstić information content (AvgIpc) is 2.58. The van der Waals surface area contributed by atoms with Crippen molar-refractivity contribution in [3.8, 4) is 5.75 Å². The molecule has 0 aromatic heterocycles. The first-order valence-corrected chi connectivity index (χ1v) is 8.10. The maximum absolute atomic E-state index is 13.0. The molecule has 1 aliphatic rings. The van der Waals surface area contributed by atoms with Crippen molar-refractivity contribution in [1.82, 2.24) is 0 Å². The number of aromatic hydroxyl groups is 1. The molecular formula is C22H18O2. The number of fused-ring (bicyclic) bond motifs is 2. The number of rotatable bonds is 1. The number of carbonyl (C=O) groups excluding carboxylic acids is 1. The van der Waals surface area contributed by atoms with E-state index < -0.39 is 5.92 Å². The summed E-state index contributed by atoms with van der Waals surface area (Å²) in [5.74, 6) is -0.188. The summed E-state index contributed by atoms with van der Waals surface area (Å²) >= 11 is 0. The molecule has 1 N–H and O–H groups in total. The standard InChI is InChI=1S/C22H18O2/c1-13-11-15-7-3-5-9-17(15)19(21(13)23)20-18-10-6-4-8-16(18)12-14(2)22(20)24/h3-12,19,24H,1-2H3. The molecule has 2 heteroatoms. The van der Waals surface area contributed by atoms with Gasteiger partial charge in [-0.2, -0.15) is 0 Å². The molecule has 0 fully saturated rings. The fourth-order valence-corrected chi connectivity index (χ4v) is 3.67. The van der Waals surface area contributed by atoms with Crippen LogP contribution in [-0.2, 0) is 4.79 Å². The Bertz CT molecular complexity index is 1010. The van der Waals surface area contributed by atoms with Crippen molar-refractivity contribution in [2.45, 2.75) is 19.8 Å². The lowest BCUT2D eigenvalue weighted by atomic mass is 9.76. The summed E-state index contributed by atoms with van der Waals surface area (Å²) in [5, 5.41) is 12.8. The quantitative estimate of drug-likeness (QED) is 0.688. The SMILES string of the molecule is CC1=Cc2ccccc2C(c2c(O)c(C)cc3ccccc23)C1=O. The van der Waals surface area contributed by atoms with Crippen LogP contribution in [0.25, 0.3) is 16.8 Å². The highest BCUT2D eigenvalue weighted by atomic mass is 16.3. The highest BCUT2D eigenvalue weighted by molar-refractivity contribution is 6.10. The van der Waals surface area contributed by atoms with E-state index in [1.165, 1.54) is 0 Å². The lowest BCUT2D eigenvalue weighted by Crippen LogP contribution is -2.20. The molecule has 3 aromatic rings. The van der Waals surface area contributed by atoms with Gasteiger partial charge in [0.1, 0.15) is 5.75 Å². The maximum atomic E-state index is 13.0. The Morgan fingerprint density at radius 3 is 2.50 bits per heavy atom. The number of allylic oxidation sites excluding steroid dienone is 1. The van der Waals surface area contributed by atoms with Crippen LogP contribution in [0.2, 0.25) is 0 Å². The third kappa shape index (κ3) is 2.07. The van der Waals surface area contributed by atoms with Crippen LogP contribution in [0.5, 0.6) is 5.75 Å². The van der Waals surface area contributed by atoms with Gasteiger partial charge < -0.3 is 5.11 Å². The fourth-order valence-electron chi connectivity index (χ4n) is 3.67. The van der Waals surface area contributed by atoms with Gasteiger partial charge in [0.2, 0.25) is 0 Å². The normalized spacial score (nSPS) is 16.8. The number of hydrogen-bond donors (Lipinski definition) is 1. The van der Waals surface area contributed by atoms with Crippen molar-refractivity contribution in [3.63, 3.8) is 0 Å². The van der Waals surface area contributed by atoms with E-state index in [0.717, 1.165) is 38.6 Å². The van der Waals surface area contributed by atoms with Crippen LogP contribution in [0.1, 0.15) is 35.1 Å². The van der Waals surface area contributed by atoms with E-state index in [1.807, 2.05) is 74.5 Å². The van der Waals surface area contributed by atoms with Crippen LogP contribution in [0.15, 0.2) is 60.2 Å². The van der Waals surface area contributed by atoms with Gasteiger partial charge in [0.05, 0.1) is 5.92 Å². The molecule has 0 bridgehead atoms. The van der Waals surface area contributed by atoms with E-state index in [9.17, 15) is 9.90 Å². The molecule has 1 unspecified atom stereocenters. The van der Waals surface area contributed by atoms with Crippen molar-refractivity contribution >= 4 is 22.6 Å². The number of hydrogen-bond acceptors (Lipinski definition) is 2. The van der Waals surface area contributed by atoms with Crippen LogP contribution in [0, 0.1) is 6.92 Å². The van der Waals surface area contributed by atoms with Gasteiger partial charge in [0.15, 0.2) is 5.78 Å². The molecular weight excluding hydrogens is 296 g/mol. The molecule has 0 amide bonds. The van der Waals surface area contributed by atoms with Crippen LogP contribution in [0.4, 0.5) is 0 Å². The van der Waals surface area contributed by atoms with Crippen LogP contribution >= 0.6 is 0 Å². The van der Waals surface area contributed by atoms with Gasteiger partial charge in [-0.05, 0) is 59.0 Å². The number of phenols is 1. The zero-order valence-corrected chi connectivity index (χ0v) is 13.7. The summed E-state index contributed by atoms with van der Waals surface area (Å²) < 4.78 is 0. The Morgan fingerprint density at radius 2 is 1.67 bits per heavy atom. The third-order valence-electron chi connectivity index (χ3n) is 4.87. The predicted octanol–water partition coefficient (Wildman–Crippen LogP) is 4.97. The van der Waals surface area contributed by atoms with Crippen molar-refractivity contribution in [2.24, 2.45) is 0 Å². The molecule has 0 saturated heterocycles. The molecule has 0 spiro atoms. The molecule has 4 rings (SSSR count). The van der Waals surface area contributed by atoms with E-state index in [0.29, 0.717) is 0 Å². The number of phenolic OH excluding ortho intramolecular Hbond substituents is 1. The molecule has 0 radical (unpaired) electrons.